The highest BCUT2D eigenvalue weighted by atomic mass is 16.6. The Kier molecular flexibility index (Phi) is 118. The highest BCUT2D eigenvalue weighted by Crippen LogP contribution is 2.14. The summed E-state index contributed by atoms with van der Waals surface area (Å²) in [6.45, 7) is 49.7. The minimum Gasteiger partial charge on any atom is -0.872 e. The molecule has 11 aromatic carbocycles. The molecule has 3 aliphatic heterocycles. The summed E-state index contributed by atoms with van der Waals surface area (Å²) in [6.07, 6.45) is 4.43. The molecule has 19 nitrogen and oxygen atoms in total. The van der Waals surface area contributed by atoms with Crippen LogP contribution in [-0.4, -0.2) is 140 Å². The molecule has 0 radical (unpaired) electrons. The third-order valence-corrected chi connectivity index (χ3v) is 11.9. The Labute approximate surface area is 762 Å². The van der Waals surface area contributed by atoms with Gasteiger partial charge in [-0.25, -0.2) is 0 Å². The Bertz CT molecular complexity index is 3130. The Hall–Kier alpha value is -11.1. The standard InChI is InChI=1S/4C9H12O2.7C6H6O.3C3H6O.3C3H8.5C2H6.CH4.H2O/c2*1-8(10)7-11-9-5-3-2-4-6-9;2*1-8(7-10)11-9-5-3-2-4-6-9;7*7-6-4-2-1-3-5-6;3*1-3-2-4-3;3*1-3-2;5*1-2;;/h4*2-6,8,10H,7H2,1H3;7*1-5,7H;3*3H,2H2,1H3;3*3H2,1-2H3;5*1-2H3;1H4;1H2/p-2. The van der Waals surface area contributed by atoms with Crippen LogP contribution in [0.2, 0.25) is 0 Å². The number of rotatable bonds is 12. The van der Waals surface area contributed by atoms with Crippen LogP contribution in [0.15, 0.2) is 334 Å². The van der Waals surface area contributed by atoms with E-state index < -0.39 is 12.2 Å². The van der Waals surface area contributed by atoms with Crippen LogP contribution in [0.5, 0.6) is 63.2 Å². The van der Waals surface area contributed by atoms with E-state index in [4.69, 9.17) is 79.1 Å². The molecule has 7 atom stereocenters. The van der Waals surface area contributed by atoms with E-state index in [1.165, 1.54) is 43.5 Å². The van der Waals surface area contributed by atoms with Gasteiger partial charge in [-0.15, -0.1) is 11.5 Å². The maximum Gasteiger partial charge on any atom is 0.119 e. The van der Waals surface area contributed by atoms with Gasteiger partial charge >= 0.3 is 0 Å². The van der Waals surface area contributed by atoms with E-state index >= 15 is 0 Å². The van der Waals surface area contributed by atoms with Crippen LogP contribution in [0, 0.1) is 0 Å². The molecule has 126 heavy (non-hydrogen) atoms. The summed E-state index contributed by atoms with van der Waals surface area (Å²) in [6, 6.07) is 98.1. The summed E-state index contributed by atoms with van der Waals surface area (Å²) >= 11 is 0. The summed E-state index contributed by atoms with van der Waals surface area (Å²) in [5.74, 6) is 4.95. The average molecular weight is 1760 g/mol. The lowest BCUT2D eigenvalue weighted by molar-refractivity contribution is -0.269. The largest absolute Gasteiger partial charge is 0.872 e. The predicted molar refractivity (Wildman–Crippen MR) is 528 cm³/mol. The van der Waals surface area contributed by atoms with Gasteiger partial charge in [-0.05, 0) is 158 Å². The van der Waals surface area contributed by atoms with E-state index in [0.717, 1.165) is 42.8 Å². The smallest absolute Gasteiger partial charge is 0.119 e. The Balaban J connectivity index is -0.000000142. The first kappa shape index (κ1) is 135. The van der Waals surface area contributed by atoms with Crippen LogP contribution >= 0.6 is 0 Å². The number of epoxide rings is 3. The molecule has 0 aliphatic carbocycles. The van der Waals surface area contributed by atoms with Crippen molar-refractivity contribution in [3.05, 3.63) is 334 Å². The number of hydrogen-bond donors (Lipinski definition) is 9. The second kappa shape index (κ2) is 110. The molecule has 3 aliphatic rings. The molecule has 3 fully saturated rings. The van der Waals surface area contributed by atoms with E-state index in [1.807, 2.05) is 247 Å². The van der Waals surface area contributed by atoms with Crippen molar-refractivity contribution >= 4 is 0 Å². The van der Waals surface area contributed by atoms with Gasteiger partial charge in [-0.2, -0.15) is 0 Å². The van der Waals surface area contributed by atoms with Crippen molar-refractivity contribution < 1.29 is 94.8 Å². The molecule has 7 unspecified atom stereocenters. The summed E-state index contributed by atoms with van der Waals surface area (Å²) in [5.41, 5.74) is 0. The molecular formula is C107H166O19-2. The van der Waals surface area contributed by atoms with Crippen LogP contribution in [0.4, 0.5) is 0 Å². The van der Waals surface area contributed by atoms with Crippen molar-refractivity contribution in [2.75, 3.05) is 46.2 Å². The molecule has 3 saturated heterocycles. The van der Waals surface area contributed by atoms with Crippen LogP contribution in [0.1, 0.15) is 186 Å². The SMILES string of the molecule is C.CC.CC.CC.CC.CC.CC(CO)Oc1ccccc1.CC(CO)Oc1ccccc1.CC(O)COc1ccccc1.CC(O)COc1ccccc1.CC1CO1.CC1CO1.CC1CO1.CCC.CCC.CCC.O.Oc1ccccc1.Oc1ccccc1.Oc1ccccc1.Oc1ccccc1.Oc1ccccc1.[O-]c1ccccc1.[O-]c1ccccc1. The van der Waals surface area contributed by atoms with E-state index in [0.29, 0.717) is 60.3 Å². The van der Waals surface area contributed by atoms with E-state index in [-0.39, 0.29) is 49.8 Å². The zero-order chi connectivity index (χ0) is 95.3. The molecule has 0 aromatic heterocycles. The van der Waals surface area contributed by atoms with Gasteiger partial charge in [0.15, 0.2) is 0 Å². The van der Waals surface area contributed by atoms with Gasteiger partial charge in [0.05, 0.1) is 63.6 Å². The first-order chi connectivity index (χ1) is 59.9. The summed E-state index contributed by atoms with van der Waals surface area (Å²) in [5, 5.41) is 98.8. The van der Waals surface area contributed by atoms with Gasteiger partial charge in [0.2, 0.25) is 0 Å². The Morgan fingerprint density at radius 2 is 0.413 bits per heavy atom. The monoisotopic (exact) mass is 1760 g/mol. The number of aliphatic hydroxyl groups is 4. The number of aliphatic hydroxyl groups excluding tert-OH is 4. The molecule has 0 amide bonds. The number of hydrogen-bond acceptors (Lipinski definition) is 18. The van der Waals surface area contributed by atoms with Gasteiger partial charge in [-0.1, -0.05) is 362 Å². The van der Waals surface area contributed by atoms with Gasteiger partial charge in [0.1, 0.15) is 77.2 Å². The quantitative estimate of drug-likeness (QED) is 0.0513. The summed E-state index contributed by atoms with van der Waals surface area (Å²) in [4.78, 5) is 0. The molecule has 0 saturated carbocycles. The number of benzene rings is 11. The zero-order valence-corrected chi connectivity index (χ0v) is 79.6. The second-order valence-corrected chi connectivity index (χ2v) is 24.7. The van der Waals surface area contributed by atoms with Crippen molar-refractivity contribution in [2.45, 2.75) is 229 Å². The number of para-hydroxylation sites is 11. The van der Waals surface area contributed by atoms with Gasteiger partial charge in [0.25, 0.3) is 0 Å². The van der Waals surface area contributed by atoms with Crippen molar-refractivity contribution in [3.63, 3.8) is 0 Å². The van der Waals surface area contributed by atoms with Crippen LogP contribution in [-0.2, 0) is 14.2 Å². The lowest BCUT2D eigenvalue weighted by Gasteiger charge is -2.10. The lowest BCUT2D eigenvalue weighted by Crippen LogP contribution is -2.15. The molecule has 11 aromatic rings. The molecule has 11 N–H and O–H groups in total. The second-order valence-electron chi connectivity index (χ2n) is 24.7. The topological polar surface area (TPSA) is 334 Å². The third kappa shape index (κ3) is 121. The van der Waals surface area contributed by atoms with Crippen molar-refractivity contribution in [1.29, 1.82) is 0 Å². The Morgan fingerprint density at radius 1 is 0.286 bits per heavy atom. The number of phenols is 5. The molecule has 3 heterocycles. The zero-order valence-electron chi connectivity index (χ0n) is 79.6. The molecule has 14 rings (SSSR count). The normalized spacial score (nSPS) is 12.2. The first-order valence-corrected chi connectivity index (χ1v) is 43.3. The maximum absolute atomic E-state index is 10.3. The molecule has 19 heteroatoms. The predicted octanol–water partition coefficient (Wildman–Crippen LogP) is 24.7. The van der Waals surface area contributed by atoms with E-state index in [2.05, 4.69) is 62.3 Å². The Morgan fingerprint density at radius 3 is 0.508 bits per heavy atom. The number of aromatic hydroxyl groups is 5. The van der Waals surface area contributed by atoms with Crippen molar-refractivity contribution in [3.8, 4) is 63.2 Å². The van der Waals surface area contributed by atoms with Crippen LogP contribution in [0.25, 0.3) is 0 Å². The maximum atomic E-state index is 10.3. The summed E-state index contributed by atoms with van der Waals surface area (Å²) in [7, 11) is 0. The highest BCUT2D eigenvalue weighted by molar-refractivity contribution is 5.26. The minimum absolute atomic E-state index is 0. The van der Waals surface area contributed by atoms with Crippen LogP contribution < -0.4 is 29.2 Å². The fraction of sp³-hybridized carbons (Fsp3) is 0.383. The van der Waals surface area contributed by atoms with Gasteiger partial charge in [-0.3, -0.25) is 0 Å². The van der Waals surface area contributed by atoms with Crippen molar-refractivity contribution in [1.82, 2.24) is 0 Å². The number of ether oxygens (including phenoxy) is 7. The fourth-order valence-corrected chi connectivity index (χ4v) is 6.27. The minimum atomic E-state index is -0.407. The van der Waals surface area contributed by atoms with Crippen LogP contribution in [0.3, 0.4) is 0 Å². The highest BCUT2D eigenvalue weighted by Gasteiger charge is 2.14. The molecular weight excluding hydrogens is 1590 g/mol. The number of phenolic OH excluding ortho intramolecular Hbond substituents is 5. The first-order valence-electron chi connectivity index (χ1n) is 43.3. The van der Waals surface area contributed by atoms with Gasteiger partial charge < -0.3 is 94.8 Å². The van der Waals surface area contributed by atoms with Gasteiger partial charge in [0, 0.05) is 0 Å². The van der Waals surface area contributed by atoms with Crippen molar-refractivity contribution in [2.24, 2.45) is 0 Å². The van der Waals surface area contributed by atoms with E-state index in [1.54, 1.807) is 159 Å². The molecule has 710 valence electrons. The third-order valence-electron chi connectivity index (χ3n) is 11.9. The fourth-order valence-electron chi connectivity index (χ4n) is 6.27. The van der Waals surface area contributed by atoms with E-state index in [9.17, 15) is 10.2 Å². The summed E-state index contributed by atoms with van der Waals surface area (Å²) < 4.78 is 35.2. The molecule has 0 spiro atoms. The lowest BCUT2D eigenvalue weighted by atomic mass is 10.3. The average Bonchev–Trinajstić information content (AvgIpc) is 1.76. The molecule has 0 bridgehead atoms.